The molecule has 12 nitrogen and oxygen atoms in total. The molecule has 14 heteroatoms. The van der Waals surface area contributed by atoms with Gasteiger partial charge in [-0.3, -0.25) is 4.57 Å². The number of phenols is 1. The van der Waals surface area contributed by atoms with Crippen LogP contribution in [0.5, 0.6) is 11.5 Å². The van der Waals surface area contributed by atoms with Crippen LogP contribution in [-0.4, -0.2) is 73.9 Å². The molecule has 0 aliphatic rings. The van der Waals surface area contributed by atoms with Crippen LogP contribution < -0.4 is 9.04 Å². The molecular formula is C29H34N6O6S2. The number of anilines is 1. The summed E-state index contributed by atoms with van der Waals surface area (Å²) < 4.78 is 44.3. The fourth-order valence-electron chi connectivity index (χ4n) is 4.42. The lowest BCUT2D eigenvalue weighted by Gasteiger charge is -2.28. The van der Waals surface area contributed by atoms with E-state index in [-0.39, 0.29) is 34.7 Å². The normalized spacial score (nSPS) is 14.3. The first-order valence-electron chi connectivity index (χ1n) is 13.2. The molecule has 2 atom stereocenters. The number of phenolic OH excluding ortho intramolecular Hbond substituents is 1. The number of aromatic nitrogens is 5. The largest absolute Gasteiger partial charge is 0.506 e. The van der Waals surface area contributed by atoms with Crippen LogP contribution in [0.3, 0.4) is 0 Å². The number of fused-ring (bicyclic) bond motifs is 1. The number of methoxy groups -OCH3 is 1. The number of aliphatic hydroxyl groups is 1. The Morgan fingerprint density at radius 2 is 1.84 bits per heavy atom. The number of furan rings is 1. The predicted octanol–water partition coefficient (Wildman–Crippen LogP) is 4.62. The van der Waals surface area contributed by atoms with Crippen LogP contribution in [0.15, 0.2) is 76.9 Å². The third kappa shape index (κ3) is 5.85. The average Bonchev–Trinajstić information content (AvgIpc) is 3.69. The number of pyridine rings is 1. The molecule has 0 fully saturated rings. The van der Waals surface area contributed by atoms with Gasteiger partial charge in [0.1, 0.15) is 39.9 Å². The third-order valence-electron chi connectivity index (χ3n) is 6.70. The number of ether oxygens (including phenoxy) is 1. The Hall–Kier alpha value is -4.27. The maximum absolute atomic E-state index is 14.4. The molecule has 43 heavy (non-hydrogen) atoms. The average molecular weight is 627 g/mol. The van der Waals surface area contributed by atoms with E-state index in [1.807, 2.05) is 24.8 Å². The van der Waals surface area contributed by atoms with E-state index in [2.05, 4.69) is 15.2 Å². The summed E-state index contributed by atoms with van der Waals surface area (Å²) in [7, 11) is -4.33. The number of aliphatic hydroxyl groups excluding tert-OH is 1. The molecule has 5 rings (SSSR count). The fraction of sp³-hybridized carbons (Fsp3) is 0.276. The van der Waals surface area contributed by atoms with Gasteiger partial charge in [-0.1, -0.05) is 12.1 Å². The zero-order chi connectivity index (χ0) is 31.1. The van der Waals surface area contributed by atoms with Gasteiger partial charge in [-0.05, 0) is 74.4 Å². The van der Waals surface area contributed by atoms with Crippen LogP contribution in [0.4, 0.5) is 5.95 Å². The number of imidazole rings is 1. The number of hydrogen-bond acceptors (Lipinski definition) is 9. The summed E-state index contributed by atoms with van der Waals surface area (Å²) in [6.45, 7) is 3.17. The van der Waals surface area contributed by atoms with Crippen molar-refractivity contribution in [1.29, 1.82) is 0 Å². The number of nitrogens with zero attached hydrogens (tertiary/aromatic N) is 6. The summed E-state index contributed by atoms with van der Waals surface area (Å²) >= 11 is 0. The van der Waals surface area contributed by atoms with Gasteiger partial charge in [-0.15, -0.1) is 10.2 Å². The molecule has 0 amide bonds. The molecular weight excluding hydrogens is 592 g/mol. The number of para-hydroxylation sites is 1. The maximum Gasteiger partial charge on any atom is 0.250 e. The molecule has 0 saturated carbocycles. The van der Waals surface area contributed by atoms with E-state index in [9.17, 15) is 18.6 Å². The minimum Gasteiger partial charge on any atom is -0.506 e. The van der Waals surface area contributed by atoms with Crippen molar-refractivity contribution in [2.75, 3.05) is 30.2 Å². The summed E-state index contributed by atoms with van der Waals surface area (Å²) in [6, 6.07) is 13.5. The molecule has 2 N–H and O–H groups in total. The number of aryl methyl sites for hydroxylation is 1. The molecule has 0 aliphatic carbocycles. The van der Waals surface area contributed by atoms with E-state index >= 15 is 0 Å². The molecule has 4 heterocycles. The van der Waals surface area contributed by atoms with Crippen molar-refractivity contribution in [3.63, 3.8) is 0 Å². The zero-order valence-corrected chi connectivity index (χ0v) is 26.2. The zero-order valence-electron chi connectivity index (χ0n) is 24.6. The molecule has 0 bridgehead atoms. The molecule has 0 aliphatic heterocycles. The Kier molecular flexibility index (Phi) is 8.03. The predicted molar refractivity (Wildman–Crippen MR) is 168 cm³/mol. The van der Waals surface area contributed by atoms with Gasteiger partial charge in [0.25, 0.3) is 0 Å². The van der Waals surface area contributed by atoms with Gasteiger partial charge in [-0.2, -0.15) is 0 Å². The van der Waals surface area contributed by atoms with Crippen molar-refractivity contribution >= 4 is 31.6 Å². The summed E-state index contributed by atoms with van der Waals surface area (Å²) in [4.78, 5) is 4.43. The van der Waals surface area contributed by atoms with Crippen LogP contribution in [0.2, 0.25) is 0 Å². The van der Waals surface area contributed by atoms with E-state index in [0.29, 0.717) is 17.2 Å². The van der Waals surface area contributed by atoms with Crippen molar-refractivity contribution in [2.45, 2.75) is 25.2 Å². The van der Waals surface area contributed by atoms with E-state index in [0.717, 1.165) is 4.31 Å². The van der Waals surface area contributed by atoms with Gasteiger partial charge in [0.2, 0.25) is 21.8 Å². The minimum absolute atomic E-state index is 0.110. The van der Waals surface area contributed by atoms with Crippen LogP contribution >= 0.6 is 10.0 Å². The highest BCUT2D eigenvalue weighted by Crippen LogP contribution is 2.41. The standard InChI is InChI=1S/C29H34N6O6S2/c1-19-13-14-24(41-19)28-31-32-29(35(28)26-22(36)10-9-11-23(26)40-3)34(16-17-42(4,5)6)43(38,39)20(2)27(37)21-18-33-15-8-7-12-25(33)30-21/h7-18,20,27,36-37H,1-6H3/b17-16+/t20-,27+/m1/s1. The minimum atomic E-state index is -4.40. The lowest BCUT2D eigenvalue weighted by atomic mass is 10.2. The van der Waals surface area contributed by atoms with E-state index in [4.69, 9.17) is 9.15 Å². The topological polar surface area (TPSA) is 148 Å². The van der Waals surface area contributed by atoms with E-state index < -0.39 is 31.4 Å². The number of hydrogen-bond donors (Lipinski definition) is 2. The SMILES string of the molecule is COc1cccc(O)c1-n1c(-c2ccc(C)o2)nnc1N(/C=C/S(C)(C)C)S(=O)(=O)[C@H](C)[C@H](O)c1cn2ccccc2n1. The first-order valence-corrected chi connectivity index (χ1v) is 17.6. The number of rotatable bonds is 10. The first kappa shape index (κ1) is 30.2. The Labute approximate surface area is 251 Å². The van der Waals surface area contributed by atoms with Crippen molar-refractivity contribution in [1.82, 2.24) is 24.1 Å². The lowest BCUT2D eigenvalue weighted by molar-refractivity contribution is 0.172. The summed E-state index contributed by atoms with van der Waals surface area (Å²) in [6.07, 6.45) is 9.29. The fourth-order valence-corrected chi connectivity index (χ4v) is 6.39. The van der Waals surface area contributed by atoms with Crippen molar-refractivity contribution in [2.24, 2.45) is 0 Å². The van der Waals surface area contributed by atoms with Crippen molar-refractivity contribution in [3.05, 3.63) is 84.0 Å². The Balaban J connectivity index is 1.72. The first-order chi connectivity index (χ1) is 20.3. The van der Waals surface area contributed by atoms with Gasteiger partial charge in [-0.25, -0.2) is 27.7 Å². The van der Waals surface area contributed by atoms with Crippen molar-refractivity contribution in [3.8, 4) is 28.8 Å². The quantitative estimate of drug-likeness (QED) is 0.227. The lowest BCUT2D eigenvalue weighted by Crippen LogP contribution is -2.38. The van der Waals surface area contributed by atoms with Gasteiger partial charge >= 0.3 is 0 Å². The van der Waals surface area contributed by atoms with Crippen LogP contribution in [0.25, 0.3) is 22.9 Å². The highest BCUT2D eigenvalue weighted by atomic mass is 32.3. The van der Waals surface area contributed by atoms with Crippen molar-refractivity contribution < 1.29 is 27.8 Å². The van der Waals surface area contributed by atoms with Gasteiger partial charge in [0.05, 0.1) is 12.8 Å². The van der Waals surface area contributed by atoms with Gasteiger partial charge in [0.15, 0.2) is 5.76 Å². The molecule has 4 aromatic heterocycles. The smallest absolute Gasteiger partial charge is 0.250 e. The third-order valence-corrected chi connectivity index (χ3v) is 9.67. The number of benzene rings is 1. The van der Waals surface area contributed by atoms with Gasteiger partial charge in [0, 0.05) is 18.6 Å². The van der Waals surface area contributed by atoms with Crippen LogP contribution in [-0.2, 0) is 10.0 Å². The molecule has 228 valence electrons. The Morgan fingerprint density at radius 3 is 2.49 bits per heavy atom. The van der Waals surface area contributed by atoms with E-state index in [1.54, 1.807) is 65.5 Å². The number of aromatic hydroxyl groups is 1. The molecule has 1 aromatic carbocycles. The second-order valence-electron chi connectivity index (χ2n) is 10.7. The molecule has 0 unspecified atom stereocenters. The highest BCUT2D eigenvalue weighted by molar-refractivity contribution is 8.34. The summed E-state index contributed by atoms with van der Waals surface area (Å²) in [5, 5.41) is 31.4. The Morgan fingerprint density at radius 1 is 1.07 bits per heavy atom. The molecule has 0 saturated heterocycles. The summed E-state index contributed by atoms with van der Waals surface area (Å²) in [5.74, 6) is 0.893. The second-order valence-corrected chi connectivity index (χ2v) is 17.0. The Bertz CT molecular complexity index is 1870. The van der Waals surface area contributed by atoms with E-state index in [1.165, 1.54) is 30.9 Å². The molecule has 0 spiro atoms. The monoisotopic (exact) mass is 626 g/mol. The second kappa shape index (κ2) is 11.4. The molecule has 5 aromatic rings. The number of sulfonamides is 1. The maximum atomic E-state index is 14.4. The van der Waals surface area contributed by atoms with Crippen LogP contribution in [0, 0.1) is 6.92 Å². The highest BCUT2D eigenvalue weighted by Gasteiger charge is 2.39. The molecule has 0 radical (unpaired) electrons. The van der Waals surface area contributed by atoms with Gasteiger partial charge < -0.3 is 23.8 Å². The van der Waals surface area contributed by atoms with Crippen LogP contribution in [0.1, 0.15) is 24.5 Å². The summed E-state index contributed by atoms with van der Waals surface area (Å²) in [5.41, 5.74) is 0.876.